The molecule has 0 bridgehead atoms. The quantitative estimate of drug-likeness (QED) is 0.531. The number of hydrogen-bond donors (Lipinski definition) is 0. The molecule has 0 fully saturated rings. The second-order valence-corrected chi connectivity index (χ2v) is 4.54. The highest BCUT2D eigenvalue weighted by Gasteiger charge is 2.04. The molecule has 0 aliphatic heterocycles. The third kappa shape index (κ3) is 3.21. The van der Waals surface area contributed by atoms with Crippen molar-refractivity contribution < 1.29 is 4.43 Å². The number of rotatable bonds is 4. The summed E-state index contributed by atoms with van der Waals surface area (Å²) in [5, 5.41) is 0. The summed E-state index contributed by atoms with van der Waals surface area (Å²) in [5.74, 6) is 0. The Balaban J connectivity index is 3.07. The molecule has 0 rings (SSSR count). The van der Waals surface area contributed by atoms with E-state index in [1.165, 1.54) is 18.5 Å². The minimum atomic E-state index is -0.374. The maximum atomic E-state index is 5.24. The van der Waals surface area contributed by atoms with E-state index in [0.717, 1.165) is 0 Å². The van der Waals surface area contributed by atoms with E-state index in [0.29, 0.717) is 0 Å². The summed E-state index contributed by atoms with van der Waals surface area (Å²) in [6.07, 6.45) is 1.27. The summed E-state index contributed by atoms with van der Waals surface area (Å²) in [4.78, 5) is 0. The van der Waals surface area contributed by atoms with Crippen LogP contribution in [0.25, 0.3) is 0 Å². The molecule has 0 aromatic rings. The first kappa shape index (κ1) is 8.18. The van der Waals surface area contributed by atoms with Crippen LogP contribution in [0.15, 0.2) is 0 Å². The molecule has 0 aromatic heterocycles. The monoisotopic (exact) mass is 131 g/mol. The summed E-state index contributed by atoms with van der Waals surface area (Å²) < 4.78 is 5.24. The third-order valence-corrected chi connectivity index (χ3v) is 3.64. The van der Waals surface area contributed by atoms with E-state index in [9.17, 15) is 0 Å². The molecular formula is C6H15OSi. The van der Waals surface area contributed by atoms with Crippen molar-refractivity contribution in [2.75, 3.05) is 7.11 Å². The molecule has 0 N–H and O–H groups in total. The molecule has 49 valence electrons. The summed E-state index contributed by atoms with van der Waals surface area (Å²) in [6, 6.07) is 2.55. The Kier molecular flexibility index (Phi) is 5.43. The van der Waals surface area contributed by atoms with Gasteiger partial charge in [0.15, 0.2) is 0 Å². The van der Waals surface area contributed by atoms with Crippen molar-refractivity contribution in [3.8, 4) is 0 Å². The van der Waals surface area contributed by atoms with Crippen LogP contribution in [0.4, 0.5) is 0 Å². The first-order valence-corrected chi connectivity index (χ1v) is 5.06. The van der Waals surface area contributed by atoms with Crippen molar-refractivity contribution in [1.29, 1.82) is 0 Å². The van der Waals surface area contributed by atoms with Gasteiger partial charge in [-0.15, -0.1) is 0 Å². The van der Waals surface area contributed by atoms with Crippen LogP contribution in [0, 0.1) is 0 Å². The molecule has 2 heteroatoms. The third-order valence-electron chi connectivity index (χ3n) is 1.21. The highest BCUT2D eigenvalue weighted by Crippen LogP contribution is 2.01. The van der Waals surface area contributed by atoms with Gasteiger partial charge in [-0.05, 0) is 12.1 Å². The molecule has 0 spiro atoms. The van der Waals surface area contributed by atoms with Gasteiger partial charge >= 0.3 is 0 Å². The lowest BCUT2D eigenvalue weighted by atomic mass is 10.6. The molecule has 0 aromatic carbocycles. The second kappa shape index (κ2) is 5.32. The van der Waals surface area contributed by atoms with Crippen molar-refractivity contribution in [3.05, 3.63) is 0 Å². The average molecular weight is 131 g/mol. The van der Waals surface area contributed by atoms with E-state index in [2.05, 4.69) is 13.8 Å². The SMILES string of the molecule is CCC[Si](CC)OC. The first-order valence-electron chi connectivity index (χ1n) is 3.23. The van der Waals surface area contributed by atoms with Crippen molar-refractivity contribution in [1.82, 2.24) is 0 Å². The summed E-state index contributed by atoms with van der Waals surface area (Å²) in [6.45, 7) is 4.41. The zero-order valence-corrected chi connectivity index (χ0v) is 7.03. The minimum Gasteiger partial charge on any atom is -0.420 e. The van der Waals surface area contributed by atoms with Crippen molar-refractivity contribution in [2.24, 2.45) is 0 Å². The lowest BCUT2D eigenvalue weighted by Gasteiger charge is -2.05. The van der Waals surface area contributed by atoms with Gasteiger partial charge in [0.25, 0.3) is 0 Å². The van der Waals surface area contributed by atoms with Gasteiger partial charge in [0, 0.05) is 7.11 Å². The van der Waals surface area contributed by atoms with Gasteiger partial charge in [0.05, 0.1) is 0 Å². The van der Waals surface area contributed by atoms with Crippen molar-refractivity contribution in [2.45, 2.75) is 32.4 Å². The molecular weight excluding hydrogens is 116 g/mol. The molecule has 0 aliphatic rings. The van der Waals surface area contributed by atoms with E-state index in [4.69, 9.17) is 4.43 Å². The van der Waals surface area contributed by atoms with Crippen LogP contribution in [0.5, 0.6) is 0 Å². The average Bonchev–Trinajstić information content (AvgIpc) is 1.83. The van der Waals surface area contributed by atoms with Gasteiger partial charge in [-0.3, -0.25) is 0 Å². The Hall–Kier alpha value is 0.177. The van der Waals surface area contributed by atoms with E-state index >= 15 is 0 Å². The van der Waals surface area contributed by atoms with Crippen LogP contribution in [-0.4, -0.2) is 16.2 Å². The molecule has 0 amide bonds. The molecule has 8 heavy (non-hydrogen) atoms. The van der Waals surface area contributed by atoms with Gasteiger partial charge in [-0.1, -0.05) is 20.3 Å². The molecule has 0 aliphatic carbocycles. The lowest BCUT2D eigenvalue weighted by molar-refractivity contribution is 0.418. The Morgan fingerprint density at radius 2 is 2.00 bits per heavy atom. The zero-order chi connectivity index (χ0) is 6.41. The van der Waals surface area contributed by atoms with E-state index in [1.54, 1.807) is 0 Å². The fraction of sp³-hybridized carbons (Fsp3) is 1.00. The Morgan fingerprint density at radius 1 is 1.38 bits per heavy atom. The molecule has 0 saturated heterocycles. The lowest BCUT2D eigenvalue weighted by Crippen LogP contribution is -2.12. The second-order valence-electron chi connectivity index (χ2n) is 1.85. The van der Waals surface area contributed by atoms with Crippen LogP contribution in [0.2, 0.25) is 12.1 Å². The highest BCUT2D eigenvalue weighted by molar-refractivity contribution is 6.51. The zero-order valence-electron chi connectivity index (χ0n) is 6.03. The van der Waals surface area contributed by atoms with E-state index < -0.39 is 0 Å². The molecule has 1 nitrogen and oxygen atoms in total. The Labute approximate surface area is 53.8 Å². The molecule has 0 heterocycles. The first-order chi connectivity index (χ1) is 3.85. The van der Waals surface area contributed by atoms with Crippen LogP contribution in [0.1, 0.15) is 20.3 Å². The van der Waals surface area contributed by atoms with E-state index in [-0.39, 0.29) is 9.04 Å². The van der Waals surface area contributed by atoms with Gasteiger partial charge < -0.3 is 4.43 Å². The predicted octanol–water partition coefficient (Wildman–Crippen LogP) is 2.05. The smallest absolute Gasteiger partial charge is 0.210 e. The normalized spacial score (nSPS) is 10.5. The van der Waals surface area contributed by atoms with Gasteiger partial charge in [-0.25, -0.2) is 0 Å². The maximum Gasteiger partial charge on any atom is 0.210 e. The van der Waals surface area contributed by atoms with Gasteiger partial charge in [-0.2, -0.15) is 0 Å². The largest absolute Gasteiger partial charge is 0.420 e. The van der Waals surface area contributed by atoms with E-state index in [1.807, 2.05) is 7.11 Å². The number of hydrogen-bond acceptors (Lipinski definition) is 1. The fourth-order valence-corrected chi connectivity index (χ4v) is 2.11. The van der Waals surface area contributed by atoms with Crippen molar-refractivity contribution >= 4 is 9.04 Å². The standard InChI is InChI=1S/C6H15OSi/c1-4-6-8(5-2)7-3/h4-6H2,1-3H3. The van der Waals surface area contributed by atoms with Crippen LogP contribution >= 0.6 is 0 Å². The van der Waals surface area contributed by atoms with Crippen LogP contribution in [-0.2, 0) is 4.43 Å². The summed E-state index contributed by atoms with van der Waals surface area (Å²) in [7, 11) is 1.45. The summed E-state index contributed by atoms with van der Waals surface area (Å²) >= 11 is 0. The minimum absolute atomic E-state index is 0.374. The van der Waals surface area contributed by atoms with Crippen LogP contribution in [0.3, 0.4) is 0 Å². The van der Waals surface area contributed by atoms with Crippen LogP contribution < -0.4 is 0 Å². The highest BCUT2D eigenvalue weighted by atomic mass is 28.3. The molecule has 1 radical (unpaired) electrons. The van der Waals surface area contributed by atoms with Gasteiger partial charge in [0.2, 0.25) is 9.04 Å². The Bertz CT molecular complexity index is 43.8. The van der Waals surface area contributed by atoms with Crippen molar-refractivity contribution in [3.63, 3.8) is 0 Å². The molecule has 0 atom stereocenters. The molecule has 0 unspecified atom stereocenters. The Morgan fingerprint density at radius 3 is 2.12 bits per heavy atom. The predicted molar refractivity (Wildman–Crippen MR) is 38.3 cm³/mol. The topological polar surface area (TPSA) is 9.23 Å². The fourth-order valence-electron chi connectivity index (χ4n) is 0.702. The van der Waals surface area contributed by atoms with Gasteiger partial charge in [0.1, 0.15) is 0 Å². The molecule has 0 saturated carbocycles. The maximum absolute atomic E-state index is 5.24. The summed E-state index contributed by atoms with van der Waals surface area (Å²) in [5.41, 5.74) is 0.